The van der Waals surface area contributed by atoms with E-state index in [9.17, 15) is 9.59 Å². The van der Waals surface area contributed by atoms with Crippen LogP contribution in [0.15, 0.2) is 85.2 Å². The van der Waals surface area contributed by atoms with Crippen LogP contribution in [-0.2, 0) is 24.3 Å². The van der Waals surface area contributed by atoms with Gasteiger partial charge >= 0.3 is 0 Å². The first-order chi connectivity index (χ1) is 19.1. The molecule has 4 aromatic rings. The van der Waals surface area contributed by atoms with Crippen LogP contribution in [0.25, 0.3) is 11.4 Å². The van der Waals surface area contributed by atoms with Crippen LogP contribution in [0, 0.1) is 5.92 Å². The standard InChI is InChI=1S/C31H34N6O2/c1-35(23-24-10-4-2-5-11-24)30(38)26-15-9-19-36(31(39)25-12-6-3-7-13-25)20-17-28-33-34-29(37(28)21-16-26)27-14-8-18-32-22-27/h2-8,10-14,18,22,26H,9,15-17,19-21,23H2,1H3. The van der Waals surface area contributed by atoms with E-state index in [-0.39, 0.29) is 17.7 Å². The van der Waals surface area contributed by atoms with Crippen LogP contribution in [0.5, 0.6) is 0 Å². The molecule has 8 nitrogen and oxygen atoms in total. The van der Waals surface area contributed by atoms with Gasteiger partial charge in [-0.1, -0.05) is 48.5 Å². The number of hydrogen-bond donors (Lipinski definition) is 0. The molecule has 0 aliphatic carbocycles. The molecule has 0 radical (unpaired) electrons. The second-order valence-electron chi connectivity index (χ2n) is 10.0. The summed E-state index contributed by atoms with van der Waals surface area (Å²) >= 11 is 0. The highest BCUT2D eigenvalue weighted by Gasteiger charge is 2.26. The van der Waals surface area contributed by atoms with Crippen molar-refractivity contribution >= 4 is 11.8 Å². The van der Waals surface area contributed by atoms with Gasteiger partial charge in [0.05, 0.1) is 0 Å². The Morgan fingerprint density at radius 3 is 2.41 bits per heavy atom. The summed E-state index contributed by atoms with van der Waals surface area (Å²) in [6.45, 7) is 2.30. The largest absolute Gasteiger partial charge is 0.341 e. The van der Waals surface area contributed by atoms with Crippen molar-refractivity contribution in [3.05, 3.63) is 102 Å². The van der Waals surface area contributed by atoms with Crippen molar-refractivity contribution in [1.82, 2.24) is 29.5 Å². The van der Waals surface area contributed by atoms with E-state index in [1.54, 1.807) is 12.4 Å². The Bertz CT molecular complexity index is 1370. The smallest absolute Gasteiger partial charge is 0.253 e. The van der Waals surface area contributed by atoms with E-state index in [4.69, 9.17) is 0 Å². The summed E-state index contributed by atoms with van der Waals surface area (Å²) in [5.74, 6) is 1.49. The van der Waals surface area contributed by atoms with E-state index in [0.717, 1.165) is 29.2 Å². The third-order valence-electron chi connectivity index (χ3n) is 7.33. The Balaban J connectivity index is 1.42. The minimum atomic E-state index is -0.178. The number of aromatic nitrogens is 4. The molecule has 3 heterocycles. The van der Waals surface area contributed by atoms with Gasteiger partial charge in [0.25, 0.3) is 5.91 Å². The van der Waals surface area contributed by atoms with Crippen LogP contribution in [0.4, 0.5) is 0 Å². The molecule has 2 aromatic carbocycles. The minimum Gasteiger partial charge on any atom is -0.341 e. The van der Waals surface area contributed by atoms with Crippen LogP contribution >= 0.6 is 0 Å². The van der Waals surface area contributed by atoms with Gasteiger partial charge in [0.2, 0.25) is 5.91 Å². The number of pyridine rings is 1. The molecule has 200 valence electrons. The van der Waals surface area contributed by atoms with Crippen molar-refractivity contribution in [2.24, 2.45) is 5.92 Å². The molecule has 0 spiro atoms. The normalized spacial score (nSPS) is 16.1. The van der Waals surface area contributed by atoms with Crippen molar-refractivity contribution in [2.75, 3.05) is 20.1 Å². The number of benzene rings is 2. The second kappa shape index (κ2) is 12.5. The first kappa shape index (κ1) is 26.3. The van der Waals surface area contributed by atoms with Gasteiger partial charge in [-0.2, -0.15) is 0 Å². The fourth-order valence-electron chi connectivity index (χ4n) is 5.23. The predicted octanol–water partition coefficient (Wildman–Crippen LogP) is 4.48. The Hall–Kier alpha value is -4.33. The SMILES string of the molecule is CN(Cc1ccccc1)C(=O)C1CCCN(C(=O)c2ccccc2)CCc2nnc(-c3cccnc3)n2CC1. The van der Waals surface area contributed by atoms with Crippen molar-refractivity contribution in [3.63, 3.8) is 0 Å². The molecule has 1 unspecified atom stereocenters. The van der Waals surface area contributed by atoms with E-state index in [2.05, 4.69) is 19.7 Å². The van der Waals surface area contributed by atoms with E-state index in [0.29, 0.717) is 51.0 Å². The first-order valence-electron chi connectivity index (χ1n) is 13.6. The second-order valence-corrected chi connectivity index (χ2v) is 10.0. The van der Waals surface area contributed by atoms with Crippen molar-refractivity contribution in [3.8, 4) is 11.4 Å². The summed E-state index contributed by atoms with van der Waals surface area (Å²) in [5, 5.41) is 9.02. The van der Waals surface area contributed by atoms with Gasteiger partial charge in [0.15, 0.2) is 5.82 Å². The highest BCUT2D eigenvalue weighted by molar-refractivity contribution is 5.94. The molecule has 1 aliphatic heterocycles. The highest BCUT2D eigenvalue weighted by Crippen LogP contribution is 2.24. The van der Waals surface area contributed by atoms with Crippen molar-refractivity contribution < 1.29 is 9.59 Å². The van der Waals surface area contributed by atoms with Gasteiger partial charge in [-0.3, -0.25) is 14.6 Å². The molecule has 2 amide bonds. The molecule has 0 fully saturated rings. The lowest BCUT2D eigenvalue weighted by molar-refractivity contribution is -0.135. The number of hydrogen-bond acceptors (Lipinski definition) is 5. The number of carbonyl (C=O) groups is 2. The molecular formula is C31H34N6O2. The Kier molecular flexibility index (Phi) is 8.41. The fraction of sp³-hybridized carbons (Fsp3) is 0.323. The lowest BCUT2D eigenvalue weighted by Gasteiger charge is -2.25. The maximum atomic E-state index is 13.7. The molecule has 39 heavy (non-hydrogen) atoms. The number of fused-ring (bicyclic) bond motifs is 1. The van der Waals surface area contributed by atoms with Crippen molar-refractivity contribution in [1.29, 1.82) is 0 Å². The third-order valence-corrected chi connectivity index (χ3v) is 7.33. The van der Waals surface area contributed by atoms with E-state index in [1.807, 2.05) is 89.6 Å². The molecule has 0 bridgehead atoms. The number of nitrogens with zero attached hydrogens (tertiary/aromatic N) is 6. The lowest BCUT2D eigenvalue weighted by atomic mass is 9.97. The predicted molar refractivity (Wildman–Crippen MR) is 150 cm³/mol. The number of amides is 2. The number of rotatable bonds is 5. The summed E-state index contributed by atoms with van der Waals surface area (Å²) in [6.07, 6.45) is 6.23. The van der Waals surface area contributed by atoms with Gasteiger partial charge < -0.3 is 14.4 Å². The first-order valence-corrected chi connectivity index (χ1v) is 13.6. The zero-order valence-electron chi connectivity index (χ0n) is 22.3. The van der Waals surface area contributed by atoms with Crippen LogP contribution in [-0.4, -0.2) is 61.5 Å². The van der Waals surface area contributed by atoms with Gasteiger partial charge in [0.1, 0.15) is 5.82 Å². The summed E-state index contributed by atoms with van der Waals surface area (Å²) in [5.41, 5.74) is 2.65. The van der Waals surface area contributed by atoms with Gasteiger partial charge in [-0.05, 0) is 49.1 Å². The Labute approximate surface area is 229 Å². The summed E-state index contributed by atoms with van der Waals surface area (Å²) in [7, 11) is 1.87. The van der Waals surface area contributed by atoms with E-state index in [1.165, 1.54) is 0 Å². The van der Waals surface area contributed by atoms with Crippen LogP contribution in [0.3, 0.4) is 0 Å². The fourth-order valence-corrected chi connectivity index (χ4v) is 5.23. The van der Waals surface area contributed by atoms with Gasteiger partial charge in [-0.25, -0.2) is 0 Å². The molecular weight excluding hydrogens is 488 g/mol. The van der Waals surface area contributed by atoms with Crippen molar-refractivity contribution in [2.45, 2.75) is 38.8 Å². The zero-order valence-corrected chi connectivity index (χ0v) is 22.3. The maximum Gasteiger partial charge on any atom is 0.253 e. The Morgan fingerprint density at radius 2 is 1.67 bits per heavy atom. The quantitative estimate of drug-likeness (QED) is 0.386. The molecule has 0 saturated heterocycles. The summed E-state index contributed by atoms with van der Waals surface area (Å²) in [4.78, 5) is 35.1. The van der Waals surface area contributed by atoms with E-state index >= 15 is 0 Å². The molecule has 2 aromatic heterocycles. The van der Waals surface area contributed by atoms with Gasteiger partial charge in [-0.15, -0.1) is 10.2 Å². The third kappa shape index (κ3) is 6.39. The lowest BCUT2D eigenvalue weighted by Crippen LogP contribution is -2.35. The minimum absolute atomic E-state index is 0.00235. The summed E-state index contributed by atoms with van der Waals surface area (Å²) in [6, 6.07) is 23.3. The topological polar surface area (TPSA) is 84.2 Å². The molecule has 0 N–H and O–H groups in total. The molecule has 1 atom stereocenters. The van der Waals surface area contributed by atoms with E-state index < -0.39 is 0 Å². The average Bonchev–Trinajstić information content (AvgIpc) is 3.38. The Morgan fingerprint density at radius 1 is 0.897 bits per heavy atom. The molecule has 5 rings (SSSR count). The number of carbonyl (C=O) groups excluding carboxylic acids is 2. The molecule has 8 heteroatoms. The summed E-state index contributed by atoms with van der Waals surface area (Å²) < 4.78 is 2.10. The van der Waals surface area contributed by atoms with Crippen LogP contribution in [0.1, 0.15) is 41.0 Å². The monoisotopic (exact) mass is 522 g/mol. The maximum absolute atomic E-state index is 13.7. The molecule has 1 aliphatic rings. The van der Waals surface area contributed by atoms with Crippen LogP contribution < -0.4 is 0 Å². The molecule has 0 saturated carbocycles. The highest BCUT2D eigenvalue weighted by atomic mass is 16.2. The van der Waals surface area contributed by atoms with Gasteiger partial charge in [0, 0.05) is 69.1 Å². The van der Waals surface area contributed by atoms with Crippen LogP contribution in [0.2, 0.25) is 0 Å². The average molecular weight is 523 g/mol. The zero-order chi connectivity index (χ0) is 27.0.